The van der Waals surface area contributed by atoms with Crippen LogP contribution in [0.2, 0.25) is 0 Å². The molecule has 0 aromatic heterocycles. The Hall–Kier alpha value is -0.720. The van der Waals surface area contributed by atoms with Crippen molar-refractivity contribution in [3.8, 4) is 0 Å². The molecule has 0 saturated heterocycles. The molecule has 0 saturated carbocycles. The number of allylic oxidation sites excluding steroid dienone is 2. The molecule has 13 heavy (non-hydrogen) atoms. The molecule has 0 bridgehead atoms. The van der Waals surface area contributed by atoms with Crippen molar-refractivity contribution in [3.05, 3.63) is 24.4 Å². The second kappa shape index (κ2) is 17.4. The summed E-state index contributed by atoms with van der Waals surface area (Å²) in [6.45, 7) is 16.0. The number of rotatable bonds is 2. The average molecular weight is 185 g/mol. The molecular formula is C12H27N. The van der Waals surface area contributed by atoms with Gasteiger partial charge < -0.3 is 5.73 Å². The molecule has 0 radical (unpaired) electrons. The van der Waals surface area contributed by atoms with E-state index in [1.54, 1.807) is 6.08 Å². The third kappa shape index (κ3) is 53.0. The van der Waals surface area contributed by atoms with Crippen LogP contribution in [0.1, 0.15) is 48.0 Å². The van der Waals surface area contributed by atoms with Crippen molar-refractivity contribution in [2.24, 2.45) is 11.7 Å². The highest BCUT2D eigenvalue weighted by Crippen LogP contribution is 1.93. The summed E-state index contributed by atoms with van der Waals surface area (Å²) < 4.78 is 0. The second-order valence-corrected chi connectivity index (χ2v) is 2.88. The van der Waals surface area contributed by atoms with Crippen LogP contribution in [0.15, 0.2) is 24.4 Å². The normalized spacial score (nSPS) is 8.54. The lowest BCUT2D eigenvalue weighted by Crippen LogP contribution is -1.86. The fraction of sp³-hybridized carbons (Fsp3) is 0.667. The van der Waals surface area contributed by atoms with Gasteiger partial charge in [0.05, 0.1) is 0 Å². The fourth-order valence-electron chi connectivity index (χ4n) is 0.214. The molecule has 0 aliphatic heterocycles. The topological polar surface area (TPSA) is 26.0 Å². The van der Waals surface area contributed by atoms with Gasteiger partial charge in [-0.15, -0.1) is 0 Å². The minimum Gasteiger partial charge on any atom is -0.399 e. The van der Waals surface area contributed by atoms with Gasteiger partial charge in [0, 0.05) is 5.70 Å². The van der Waals surface area contributed by atoms with Crippen LogP contribution < -0.4 is 5.73 Å². The van der Waals surface area contributed by atoms with E-state index in [4.69, 9.17) is 5.73 Å². The highest BCUT2D eigenvalue weighted by molar-refractivity contribution is 5.07. The summed E-state index contributed by atoms with van der Waals surface area (Å²) in [6, 6.07) is 0. The molecule has 1 nitrogen and oxygen atoms in total. The highest BCUT2D eigenvalue weighted by Gasteiger charge is 1.80. The monoisotopic (exact) mass is 185 g/mol. The van der Waals surface area contributed by atoms with Crippen molar-refractivity contribution in [1.82, 2.24) is 0 Å². The summed E-state index contributed by atoms with van der Waals surface area (Å²) in [5, 5.41) is 0. The van der Waals surface area contributed by atoms with Gasteiger partial charge in [0.2, 0.25) is 0 Å². The standard InChI is InChI=1S/C5H9N.C5H12.C2H6/c1-3-4-5(2)6;1-4-5(2)3;1-2/h3-4H,2,6H2,1H3;5H,4H2,1-3H3;1-2H3/b4-3-;;. The first kappa shape index (κ1) is 18.1. The third-order valence-corrected chi connectivity index (χ3v) is 1.20. The molecule has 1 heteroatoms. The predicted molar refractivity (Wildman–Crippen MR) is 64.6 cm³/mol. The summed E-state index contributed by atoms with van der Waals surface area (Å²) in [5.74, 6) is 0.884. The van der Waals surface area contributed by atoms with Crippen molar-refractivity contribution in [3.63, 3.8) is 0 Å². The van der Waals surface area contributed by atoms with Gasteiger partial charge >= 0.3 is 0 Å². The van der Waals surface area contributed by atoms with Gasteiger partial charge in [-0.3, -0.25) is 0 Å². The smallest absolute Gasteiger partial charge is 0.0237 e. The zero-order valence-corrected chi connectivity index (χ0v) is 10.2. The summed E-state index contributed by atoms with van der Waals surface area (Å²) in [5.41, 5.74) is 5.73. The maximum Gasteiger partial charge on any atom is 0.0237 e. The van der Waals surface area contributed by atoms with Gasteiger partial charge in [0.15, 0.2) is 0 Å². The maximum atomic E-state index is 5.12. The van der Waals surface area contributed by atoms with E-state index in [1.165, 1.54) is 6.42 Å². The van der Waals surface area contributed by atoms with Crippen LogP contribution in [0.25, 0.3) is 0 Å². The molecule has 0 atom stereocenters. The molecule has 0 aromatic rings. The van der Waals surface area contributed by atoms with Crippen LogP contribution in [0.5, 0.6) is 0 Å². The van der Waals surface area contributed by atoms with Crippen LogP contribution in [-0.2, 0) is 0 Å². The largest absolute Gasteiger partial charge is 0.399 e. The highest BCUT2D eigenvalue weighted by atomic mass is 14.5. The summed E-state index contributed by atoms with van der Waals surface area (Å²) in [7, 11) is 0. The van der Waals surface area contributed by atoms with E-state index < -0.39 is 0 Å². The first-order valence-electron chi connectivity index (χ1n) is 5.11. The summed E-state index contributed by atoms with van der Waals surface area (Å²) >= 11 is 0. The molecule has 0 heterocycles. The van der Waals surface area contributed by atoms with E-state index >= 15 is 0 Å². The SMILES string of the molecule is C=C(N)/C=C\C.CC.CCC(C)C. The Bertz CT molecular complexity index is 112. The van der Waals surface area contributed by atoms with Gasteiger partial charge in [-0.05, 0) is 18.9 Å². The number of hydrogen-bond donors (Lipinski definition) is 1. The molecule has 2 N–H and O–H groups in total. The Kier molecular flexibility index (Phi) is 24.3. The van der Waals surface area contributed by atoms with Crippen LogP contribution in [0.4, 0.5) is 0 Å². The molecule has 0 aliphatic rings. The molecule has 80 valence electrons. The Morgan fingerprint density at radius 2 is 1.69 bits per heavy atom. The molecular weight excluding hydrogens is 158 g/mol. The Morgan fingerprint density at radius 3 is 1.69 bits per heavy atom. The lowest BCUT2D eigenvalue weighted by Gasteiger charge is -1.90. The molecule has 0 spiro atoms. The summed E-state index contributed by atoms with van der Waals surface area (Å²) in [4.78, 5) is 0. The van der Waals surface area contributed by atoms with Gasteiger partial charge in [0.25, 0.3) is 0 Å². The van der Waals surface area contributed by atoms with Crippen LogP contribution >= 0.6 is 0 Å². The molecule has 0 rings (SSSR count). The quantitative estimate of drug-likeness (QED) is 0.644. The molecule has 0 amide bonds. The van der Waals surface area contributed by atoms with Gasteiger partial charge in [0.1, 0.15) is 0 Å². The van der Waals surface area contributed by atoms with Gasteiger partial charge in [-0.2, -0.15) is 0 Å². The maximum absolute atomic E-state index is 5.12. The minimum absolute atomic E-state index is 0.609. The van der Waals surface area contributed by atoms with Gasteiger partial charge in [-0.1, -0.05) is 53.7 Å². The second-order valence-electron chi connectivity index (χ2n) is 2.88. The fourth-order valence-corrected chi connectivity index (χ4v) is 0.214. The minimum atomic E-state index is 0.609. The van der Waals surface area contributed by atoms with Crippen molar-refractivity contribution < 1.29 is 0 Å². The first-order chi connectivity index (χ1) is 6.04. The first-order valence-corrected chi connectivity index (χ1v) is 5.11. The van der Waals surface area contributed by atoms with E-state index in [0.29, 0.717) is 5.70 Å². The van der Waals surface area contributed by atoms with Crippen molar-refractivity contribution in [2.45, 2.75) is 48.0 Å². The number of hydrogen-bond acceptors (Lipinski definition) is 1. The van der Waals surface area contributed by atoms with E-state index in [1.807, 2.05) is 26.8 Å². The zero-order chi connectivity index (χ0) is 11.3. The third-order valence-electron chi connectivity index (χ3n) is 1.20. The van der Waals surface area contributed by atoms with Crippen LogP contribution in [-0.4, -0.2) is 0 Å². The number of nitrogens with two attached hydrogens (primary N) is 1. The zero-order valence-electron chi connectivity index (χ0n) is 10.2. The van der Waals surface area contributed by atoms with Gasteiger partial charge in [-0.25, -0.2) is 0 Å². The van der Waals surface area contributed by atoms with Crippen molar-refractivity contribution in [2.75, 3.05) is 0 Å². The van der Waals surface area contributed by atoms with Crippen molar-refractivity contribution >= 4 is 0 Å². The van der Waals surface area contributed by atoms with E-state index in [-0.39, 0.29) is 0 Å². The summed E-state index contributed by atoms with van der Waals surface area (Å²) in [6.07, 6.45) is 4.91. The molecule has 0 aromatic carbocycles. The van der Waals surface area contributed by atoms with E-state index in [0.717, 1.165) is 5.92 Å². The Balaban J connectivity index is -0.000000131. The predicted octanol–water partition coefficient (Wildman–Crippen LogP) is 4.11. The van der Waals surface area contributed by atoms with E-state index in [2.05, 4.69) is 27.4 Å². The van der Waals surface area contributed by atoms with Crippen molar-refractivity contribution in [1.29, 1.82) is 0 Å². The van der Waals surface area contributed by atoms with Crippen LogP contribution in [0.3, 0.4) is 0 Å². The van der Waals surface area contributed by atoms with Crippen LogP contribution in [0, 0.1) is 5.92 Å². The Labute approximate surface area is 84.7 Å². The average Bonchev–Trinajstić information content (AvgIpc) is 2.09. The molecule has 0 unspecified atom stereocenters. The lowest BCUT2D eigenvalue weighted by atomic mass is 10.2. The Morgan fingerprint density at radius 1 is 1.38 bits per heavy atom. The van der Waals surface area contributed by atoms with E-state index in [9.17, 15) is 0 Å². The molecule has 0 fully saturated rings. The lowest BCUT2D eigenvalue weighted by molar-refractivity contribution is 0.626. The molecule has 0 aliphatic carbocycles.